The van der Waals surface area contributed by atoms with Crippen LogP contribution in [0.15, 0.2) is 60.8 Å². The number of likely N-dealkylation sites (tertiary alicyclic amines) is 1. The molecule has 0 spiro atoms. The Balaban J connectivity index is 1.57. The van der Waals surface area contributed by atoms with Crippen molar-refractivity contribution in [2.24, 2.45) is 5.92 Å². The third-order valence-electron chi connectivity index (χ3n) is 5.77. The lowest BCUT2D eigenvalue weighted by molar-refractivity contribution is -0.141. The largest absolute Gasteiger partial charge is 0.481 e. The van der Waals surface area contributed by atoms with E-state index in [2.05, 4.69) is 17.6 Å². The molecule has 1 aromatic heterocycles. The van der Waals surface area contributed by atoms with Crippen LogP contribution in [0, 0.1) is 5.92 Å². The number of para-hydroxylation sites is 1. The summed E-state index contributed by atoms with van der Waals surface area (Å²) in [6.07, 6.45) is 2.34. The van der Waals surface area contributed by atoms with Gasteiger partial charge in [-0.15, -0.1) is 0 Å². The van der Waals surface area contributed by atoms with Gasteiger partial charge in [0, 0.05) is 42.7 Å². The van der Waals surface area contributed by atoms with E-state index in [1.54, 1.807) is 4.90 Å². The van der Waals surface area contributed by atoms with Gasteiger partial charge in [-0.25, -0.2) is 0 Å². The van der Waals surface area contributed by atoms with Crippen LogP contribution in [0.4, 0.5) is 0 Å². The lowest BCUT2D eigenvalue weighted by Crippen LogP contribution is -2.31. The minimum Gasteiger partial charge on any atom is -0.481 e. The van der Waals surface area contributed by atoms with Crippen LogP contribution in [0.1, 0.15) is 24.0 Å². The van der Waals surface area contributed by atoms with Gasteiger partial charge in [0.05, 0.1) is 12.3 Å². The second-order valence-corrected chi connectivity index (χ2v) is 7.39. The Kier molecular flexibility index (Phi) is 4.90. The molecule has 1 aliphatic heterocycles. The van der Waals surface area contributed by atoms with Crippen LogP contribution in [0.2, 0.25) is 0 Å². The Morgan fingerprint density at radius 2 is 1.75 bits per heavy atom. The SMILES string of the molecule is CCn1cc(CC(=O)N2C[C@H](C(=O)O)[C@H](c3ccccc3)C2)c2ccccc21. The van der Waals surface area contributed by atoms with Gasteiger partial charge in [-0.3, -0.25) is 9.59 Å². The van der Waals surface area contributed by atoms with Crippen molar-refractivity contribution in [1.29, 1.82) is 0 Å². The zero-order valence-electron chi connectivity index (χ0n) is 15.9. The molecule has 0 saturated carbocycles. The molecule has 1 amide bonds. The first kappa shape index (κ1) is 18.3. The van der Waals surface area contributed by atoms with E-state index in [-0.39, 0.29) is 18.4 Å². The van der Waals surface area contributed by atoms with Crippen LogP contribution < -0.4 is 0 Å². The fourth-order valence-corrected chi connectivity index (χ4v) is 4.30. The van der Waals surface area contributed by atoms with Gasteiger partial charge in [-0.05, 0) is 24.1 Å². The van der Waals surface area contributed by atoms with Crippen LogP contribution in [0.25, 0.3) is 10.9 Å². The molecular formula is C23H24N2O3. The Bertz CT molecular complexity index is 1010. The number of benzene rings is 2. The molecular weight excluding hydrogens is 352 g/mol. The molecule has 28 heavy (non-hydrogen) atoms. The fraction of sp³-hybridized carbons (Fsp3) is 0.304. The highest BCUT2D eigenvalue weighted by Crippen LogP contribution is 2.33. The topological polar surface area (TPSA) is 62.5 Å². The van der Waals surface area contributed by atoms with Crippen molar-refractivity contribution in [3.63, 3.8) is 0 Å². The molecule has 0 bridgehead atoms. The lowest BCUT2D eigenvalue weighted by Gasteiger charge is -2.16. The van der Waals surface area contributed by atoms with E-state index in [9.17, 15) is 14.7 Å². The van der Waals surface area contributed by atoms with E-state index >= 15 is 0 Å². The van der Waals surface area contributed by atoms with Gasteiger partial charge in [0.2, 0.25) is 5.91 Å². The molecule has 2 heterocycles. The number of rotatable bonds is 5. The van der Waals surface area contributed by atoms with Crippen molar-refractivity contribution in [3.05, 3.63) is 71.9 Å². The molecule has 2 aromatic carbocycles. The Hall–Kier alpha value is -3.08. The number of amides is 1. The maximum atomic E-state index is 13.0. The van der Waals surface area contributed by atoms with Crippen molar-refractivity contribution in [3.8, 4) is 0 Å². The summed E-state index contributed by atoms with van der Waals surface area (Å²) in [5, 5.41) is 10.8. The number of aliphatic carboxylic acids is 1. The summed E-state index contributed by atoms with van der Waals surface area (Å²) in [7, 11) is 0. The fourth-order valence-electron chi connectivity index (χ4n) is 4.30. The number of carboxylic acid groups (broad SMARTS) is 1. The van der Waals surface area contributed by atoms with E-state index in [1.807, 2.05) is 54.7 Å². The third-order valence-corrected chi connectivity index (χ3v) is 5.77. The number of nitrogens with zero attached hydrogens (tertiary/aromatic N) is 2. The van der Waals surface area contributed by atoms with Crippen molar-refractivity contribution in [1.82, 2.24) is 9.47 Å². The van der Waals surface area contributed by atoms with Gasteiger partial charge in [0.15, 0.2) is 0 Å². The van der Waals surface area contributed by atoms with E-state index in [0.29, 0.717) is 13.0 Å². The number of carboxylic acids is 1. The molecule has 1 fully saturated rings. The quantitative estimate of drug-likeness (QED) is 0.741. The maximum absolute atomic E-state index is 13.0. The predicted octanol–water partition coefficient (Wildman–Crippen LogP) is 3.53. The lowest BCUT2D eigenvalue weighted by atomic mass is 9.89. The molecule has 1 N–H and O–H groups in total. The van der Waals surface area contributed by atoms with Crippen molar-refractivity contribution >= 4 is 22.8 Å². The van der Waals surface area contributed by atoms with Crippen LogP contribution in [0.5, 0.6) is 0 Å². The van der Waals surface area contributed by atoms with Crippen molar-refractivity contribution < 1.29 is 14.7 Å². The van der Waals surface area contributed by atoms with Gasteiger partial charge in [-0.2, -0.15) is 0 Å². The van der Waals surface area contributed by atoms with Crippen molar-refractivity contribution in [2.45, 2.75) is 25.8 Å². The summed E-state index contributed by atoms with van der Waals surface area (Å²) >= 11 is 0. The number of carbonyl (C=O) groups is 2. The van der Waals surface area contributed by atoms with Gasteiger partial charge >= 0.3 is 5.97 Å². The zero-order valence-corrected chi connectivity index (χ0v) is 15.9. The van der Waals surface area contributed by atoms with Crippen molar-refractivity contribution in [2.75, 3.05) is 13.1 Å². The van der Waals surface area contributed by atoms with Crippen LogP contribution >= 0.6 is 0 Å². The molecule has 5 heteroatoms. The summed E-state index contributed by atoms with van der Waals surface area (Å²) in [6.45, 7) is 3.64. The van der Waals surface area contributed by atoms with E-state index in [0.717, 1.165) is 28.6 Å². The molecule has 1 aliphatic rings. The average Bonchev–Trinajstić information content (AvgIpc) is 3.31. The van der Waals surface area contributed by atoms with Gasteiger partial charge < -0.3 is 14.6 Å². The third kappa shape index (κ3) is 3.28. The predicted molar refractivity (Wildman–Crippen MR) is 108 cm³/mol. The molecule has 3 aromatic rings. The standard InChI is InChI=1S/C23H24N2O3/c1-2-24-13-17(18-10-6-7-11-21(18)24)12-22(26)25-14-19(20(15-25)23(27)28)16-8-4-3-5-9-16/h3-11,13,19-20H,2,12,14-15H2,1H3,(H,27,28)/t19-,20-/m0/s1. The summed E-state index contributed by atoms with van der Waals surface area (Å²) in [5.41, 5.74) is 3.10. The zero-order chi connectivity index (χ0) is 19.7. The second kappa shape index (κ2) is 7.50. The number of hydrogen-bond acceptors (Lipinski definition) is 2. The normalized spacial score (nSPS) is 19.2. The molecule has 5 nitrogen and oxygen atoms in total. The summed E-state index contributed by atoms with van der Waals surface area (Å²) in [4.78, 5) is 26.5. The average molecular weight is 376 g/mol. The molecule has 0 aliphatic carbocycles. The van der Waals surface area contributed by atoms with Gasteiger partial charge in [0.25, 0.3) is 0 Å². The molecule has 0 unspecified atom stereocenters. The highest BCUT2D eigenvalue weighted by atomic mass is 16.4. The van der Waals surface area contributed by atoms with Gasteiger partial charge in [0.1, 0.15) is 0 Å². The van der Waals surface area contributed by atoms with Crippen LogP contribution in [-0.2, 0) is 22.6 Å². The Morgan fingerprint density at radius 3 is 2.46 bits per heavy atom. The van der Waals surface area contributed by atoms with E-state index in [4.69, 9.17) is 0 Å². The highest BCUT2D eigenvalue weighted by Gasteiger charge is 2.40. The first-order valence-electron chi connectivity index (χ1n) is 9.70. The summed E-state index contributed by atoms with van der Waals surface area (Å²) in [5.74, 6) is -1.58. The minimum absolute atomic E-state index is 0.0105. The van der Waals surface area contributed by atoms with Crippen LogP contribution in [-0.4, -0.2) is 39.5 Å². The minimum atomic E-state index is -0.841. The number of carbonyl (C=O) groups excluding carboxylic acids is 1. The summed E-state index contributed by atoms with van der Waals surface area (Å²) in [6, 6.07) is 17.7. The number of aromatic nitrogens is 1. The molecule has 0 radical (unpaired) electrons. The Morgan fingerprint density at radius 1 is 1.04 bits per heavy atom. The molecule has 1 saturated heterocycles. The van der Waals surface area contributed by atoms with Crippen LogP contribution in [0.3, 0.4) is 0 Å². The first-order valence-corrected chi connectivity index (χ1v) is 9.70. The number of aryl methyl sites for hydroxylation is 1. The van der Waals surface area contributed by atoms with E-state index < -0.39 is 11.9 Å². The second-order valence-electron chi connectivity index (χ2n) is 7.39. The molecule has 144 valence electrons. The van der Waals surface area contributed by atoms with E-state index in [1.165, 1.54) is 0 Å². The number of fused-ring (bicyclic) bond motifs is 1. The Labute approximate surface area is 164 Å². The summed E-state index contributed by atoms with van der Waals surface area (Å²) < 4.78 is 2.15. The van der Waals surface area contributed by atoms with Gasteiger partial charge in [-0.1, -0.05) is 48.5 Å². The monoisotopic (exact) mass is 376 g/mol. The first-order chi connectivity index (χ1) is 13.6. The smallest absolute Gasteiger partial charge is 0.308 e. The highest BCUT2D eigenvalue weighted by molar-refractivity contribution is 5.90. The number of hydrogen-bond donors (Lipinski definition) is 1. The maximum Gasteiger partial charge on any atom is 0.308 e. The molecule has 4 rings (SSSR count). The molecule has 2 atom stereocenters.